The van der Waals surface area contributed by atoms with Crippen LogP contribution in [-0.2, 0) is 16.6 Å². The van der Waals surface area contributed by atoms with E-state index in [1.807, 2.05) is 45.0 Å². The molecule has 1 aliphatic carbocycles. The highest BCUT2D eigenvalue weighted by Crippen LogP contribution is 2.36. The minimum Gasteiger partial charge on any atom is -0.490 e. The molecule has 146 valence electrons. The van der Waals surface area contributed by atoms with Crippen molar-refractivity contribution in [2.75, 3.05) is 13.2 Å². The summed E-state index contributed by atoms with van der Waals surface area (Å²) in [5, 5.41) is 0. The number of ether oxygens (including phenoxy) is 2. The van der Waals surface area contributed by atoms with E-state index in [9.17, 15) is 8.42 Å². The predicted molar refractivity (Wildman–Crippen MR) is 106 cm³/mol. The summed E-state index contributed by atoms with van der Waals surface area (Å²) in [5.74, 6) is 1.03. The molecule has 0 aromatic heterocycles. The Kier molecular flexibility index (Phi) is 6.07. The molecule has 0 saturated heterocycles. The van der Waals surface area contributed by atoms with Gasteiger partial charge in [0, 0.05) is 18.7 Å². The van der Waals surface area contributed by atoms with Crippen LogP contribution in [0.25, 0.3) is 0 Å². The van der Waals surface area contributed by atoms with Crippen molar-refractivity contribution >= 4 is 10.0 Å². The normalized spacial score (nSPS) is 14.4. The summed E-state index contributed by atoms with van der Waals surface area (Å²) in [6.07, 6.45) is 1.81. The number of aryl methyl sites for hydroxylation is 1. The molecule has 0 amide bonds. The maximum atomic E-state index is 13.3. The van der Waals surface area contributed by atoms with Gasteiger partial charge < -0.3 is 9.47 Å². The Morgan fingerprint density at radius 2 is 1.59 bits per heavy atom. The standard InChI is InChI=1S/C21H27NO4S/c1-4-25-20-13-12-19(14-21(20)26-5-2)27(23,24)22(18-10-11-18)15-17-8-6-16(3)7-9-17/h6-9,12-14,18H,4-5,10-11,15H2,1-3H3. The molecular formula is C21H27NO4S. The average molecular weight is 390 g/mol. The lowest BCUT2D eigenvalue weighted by Crippen LogP contribution is -2.32. The lowest BCUT2D eigenvalue weighted by molar-refractivity contribution is 0.287. The van der Waals surface area contributed by atoms with Crippen LogP contribution in [0.1, 0.15) is 37.8 Å². The van der Waals surface area contributed by atoms with Crippen molar-refractivity contribution in [2.24, 2.45) is 0 Å². The van der Waals surface area contributed by atoms with Crippen molar-refractivity contribution in [1.29, 1.82) is 0 Å². The first-order valence-electron chi connectivity index (χ1n) is 9.42. The third-order valence-corrected chi connectivity index (χ3v) is 6.43. The maximum absolute atomic E-state index is 13.3. The second-order valence-corrected chi connectivity index (χ2v) is 8.63. The molecule has 1 saturated carbocycles. The molecule has 3 rings (SSSR count). The topological polar surface area (TPSA) is 55.8 Å². The van der Waals surface area contributed by atoms with Gasteiger partial charge in [-0.25, -0.2) is 8.42 Å². The van der Waals surface area contributed by atoms with Crippen LogP contribution in [-0.4, -0.2) is 32.0 Å². The maximum Gasteiger partial charge on any atom is 0.243 e. The lowest BCUT2D eigenvalue weighted by atomic mass is 10.1. The van der Waals surface area contributed by atoms with Crippen molar-refractivity contribution in [3.63, 3.8) is 0 Å². The molecule has 2 aromatic rings. The molecule has 0 heterocycles. The number of nitrogens with zero attached hydrogens (tertiary/aromatic N) is 1. The highest BCUT2D eigenvalue weighted by atomic mass is 32.2. The summed E-state index contributed by atoms with van der Waals surface area (Å²) in [6, 6.07) is 12.9. The molecule has 1 fully saturated rings. The van der Waals surface area contributed by atoms with E-state index in [0.717, 1.165) is 24.0 Å². The Morgan fingerprint density at radius 3 is 2.19 bits per heavy atom. The number of hydrogen-bond acceptors (Lipinski definition) is 4. The molecule has 0 aliphatic heterocycles. The Balaban J connectivity index is 1.92. The summed E-state index contributed by atoms with van der Waals surface area (Å²) in [4.78, 5) is 0.244. The van der Waals surface area contributed by atoms with Crippen molar-refractivity contribution < 1.29 is 17.9 Å². The smallest absolute Gasteiger partial charge is 0.243 e. The van der Waals surface area contributed by atoms with Crippen molar-refractivity contribution in [1.82, 2.24) is 4.31 Å². The summed E-state index contributed by atoms with van der Waals surface area (Å²) in [6.45, 7) is 7.09. The van der Waals surface area contributed by atoms with E-state index in [4.69, 9.17) is 9.47 Å². The van der Waals surface area contributed by atoms with Gasteiger partial charge in [-0.05, 0) is 51.3 Å². The van der Waals surface area contributed by atoms with Crippen LogP contribution in [0.4, 0.5) is 0 Å². The highest BCUT2D eigenvalue weighted by Gasteiger charge is 2.38. The molecule has 1 aliphatic rings. The van der Waals surface area contributed by atoms with Gasteiger partial charge in [0.15, 0.2) is 11.5 Å². The van der Waals surface area contributed by atoms with Crippen LogP contribution in [0.15, 0.2) is 47.4 Å². The van der Waals surface area contributed by atoms with Crippen LogP contribution in [0.2, 0.25) is 0 Å². The Labute approximate surface area is 162 Å². The zero-order valence-electron chi connectivity index (χ0n) is 16.1. The first-order chi connectivity index (χ1) is 13.0. The molecule has 6 heteroatoms. The highest BCUT2D eigenvalue weighted by molar-refractivity contribution is 7.89. The number of sulfonamides is 1. The van der Waals surface area contributed by atoms with Crippen molar-refractivity contribution in [3.05, 3.63) is 53.6 Å². The van der Waals surface area contributed by atoms with E-state index in [2.05, 4.69) is 0 Å². The van der Waals surface area contributed by atoms with E-state index in [-0.39, 0.29) is 10.9 Å². The van der Waals surface area contributed by atoms with Gasteiger partial charge in [0.05, 0.1) is 18.1 Å². The molecular weight excluding hydrogens is 362 g/mol. The molecule has 0 bridgehead atoms. The van der Waals surface area contributed by atoms with Gasteiger partial charge in [0.25, 0.3) is 0 Å². The van der Waals surface area contributed by atoms with Crippen LogP contribution < -0.4 is 9.47 Å². The second kappa shape index (κ2) is 8.31. The summed E-state index contributed by atoms with van der Waals surface area (Å²) in [5.41, 5.74) is 2.15. The van der Waals surface area contributed by atoms with Crippen LogP contribution in [0.5, 0.6) is 11.5 Å². The van der Waals surface area contributed by atoms with E-state index < -0.39 is 10.0 Å². The quantitative estimate of drug-likeness (QED) is 0.647. The number of rotatable bonds is 9. The second-order valence-electron chi connectivity index (χ2n) is 6.74. The molecule has 27 heavy (non-hydrogen) atoms. The SMILES string of the molecule is CCOc1ccc(S(=O)(=O)N(Cc2ccc(C)cc2)C2CC2)cc1OCC. The Hall–Kier alpha value is -2.05. The van der Waals surface area contributed by atoms with Gasteiger partial charge >= 0.3 is 0 Å². The molecule has 0 radical (unpaired) electrons. The van der Waals surface area contributed by atoms with Crippen LogP contribution in [0.3, 0.4) is 0 Å². The van der Waals surface area contributed by atoms with Gasteiger partial charge in [-0.3, -0.25) is 0 Å². The van der Waals surface area contributed by atoms with E-state index in [1.54, 1.807) is 22.5 Å². The number of benzene rings is 2. The first kappa shape index (κ1) is 19.7. The zero-order valence-corrected chi connectivity index (χ0v) is 17.0. The number of hydrogen-bond donors (Lipinski definition) is 0. The summed E-state index contributed by atoms with van der Waals surface area (Å²) < 4.78 is 39.5. The molecule has 5 nitrogen and oxygen atoms in total. The average Bonchev–Trinajstić information content (AvgIpc) is 3.47. The first-order valence-corrected chi connectivity index (χ1v) is 10.9. The molecule has 0 spiro atoms. The fourth-order valence-corrected chi connectivity index (χ4v) is 4.66. The largest absolute Gasteiger partial charge is 0.490 e. The summed E-state index contributed by atoms with van der Waals surface area (Å²) in [7, 11) is -3.62. The molecule has 0 unspecified atom stereocenters. The predicted octanol–water partition coefficient (Wildman–Crippen LogP) is 4.15. The minimum atomic E-state index is -3.62. The van der Waals surface area contributed by atoms with Gasteiger partial charge in [0.2, 0.25) is 10.0 Å². The molecule has 0 N–H and O–H groups in total. The third-order valence-electron chi connectivity index (χ3n) is 4.53. The summed E-state index contributed by atoms with van der Waals surface area (Å²) >= 11 is 0. The van der Waals surface area contributed by atoms with E-state index in [0.29, 0.717) is 31.3 Å². The third kappa shape index (κ3) is 4.62. The van der Waals surface area contributed by atoms with Crippen molar-refractivity contribution in [3.8, 4) is 11.5 Å². The molecule has 2 aromatic carbocycles. The lowest BCUT2D eigenvalue weighted by Gasteiger charge is -2.23. The minimum absolute atomic E-state index is 0.0680. The fraction of sp³-hybridized carbons (Fsp3) is 0.429. The van der Waals surface area contributed by atoms with E-state index >= 15 is 0 Å². The Morgan fingerprint density at radius 1 is 0.963 bits per heavy atom. The Bertz CT molecular complexity index is 874. The van der Waals surface area contributed by atoms with Crippen LogP contribution in [0, 0.1) is 6.92 Å². The van der Waals surface area contributed by atoms with Gasteiger partial charge in [-0.1, -0.05) is 29.8 Å². The fourth-order valence-electron chi connectivity index (χ4n) is 2.97. The monoisotopic (exact) mass is 389 g/mol. The molecule has 0 atom stereocenters. The van der Waals surface area contributed by atoms with Crippen molar-refractivity contribution in [2.45, 2.75) is 51.1 Å². The van der Waals surface area contributed by atoms with Crippen LogP contribution >= 0.6 is 0 Å². The van der Waals surface area contributed by atoms with E-state index in [1.165, 1.54) is 0 Å². The van der Waals surface area contributed by atoms with Gasteiger partial charge in [-0.2, -0.15) is 4.31 Å². The van der Waals surface area contributed by atoms with Gasteiger partial charge in [-0.15, -0.1) is 0 Å². The zero-order chi connectivity index (χ0) is 19.4. The van der Waals surface area contributed by atoms with Gasteiger partial charge in [0.1, 0.15) is 0 Å².